The molecule has 2 aliphatic rings. The Morgan fingerprint density at radius 1 is 1.00 bits per heavy atom. The van der Waals surface area contributed by atoms with Crippen molar-refractivity contribution in [3.63, 3.8) is 0 Å². The number of piperidine rings is 2. The highest BCUT2D eigenvalue weighted by molar-refractivity contribution is 7.90. The molecule has 36 heavy (non-hydrogen) atoms. The first-order valence-corrected chi connectivity index (χ1v) is 14.4. The van der Waals surface area contributed by atoms with Crippen molar-refractivity contribution in [3.8, 4) is 0 Å². The van der Waals surface area contributed by atoms with Crippen LogP contribution in [0.4, 0.5) is 16.2 Å². The molecule has 2 aliphatic heterocycles. The average Bonchev–Trinajstić information content (AvgIpc) is 2.85. The minimum atomic E-state index is -3.31. The molecule has 2 fully saturated rings. The molecule has 0 radical (unpaired) electrons. The van der Waals surface area contributed by atoms with E-state index in [2.05, 4.69) is 14.9 Å². The average molecular weight is 535 g/mol. The highest BCUT2D eigenvalue weighted by Gasteiger charge is 2.34. The van der Waals surface area contributed by atoms with Crippen LogP contribution in [-0.2, 0) is 15.6 Å². The van der Waals surface area contributed by atoms with Gasteiger partial charge in [0.25, 0.3) is 0 Å². The first-order valence-electron chi connectivity index (χ1n) is 12.5. The fraction of sp³-hybridized carbons (Fsp3) is 0.500. The van der Waals surface area contributed by atoms with Gasteiger partial charge < -0.3 is 20.2 Å². The van der Waals surface area contributed by atoms with E-state index in [4.69, 9.17) is 11.6 Å². The van der Waals surface area contributed by atoms with Crippen LogP contribution < -0.4 is 14.9 Å². The summed E-state index contributed by atoms with van der Waals surface area (Å²) in [7, 11) is -3.31. The number of halogens is 1. The summed E-state index contributed by atoms with van der Waals surface area (Å²) in [5.74, 6) is 0. The van der Waals surface area contributed by atoms with Crippen molar-refractivity contribution >= 4 is 39.0 Å². The lowest BCUT2D eigenvalue weighted by Crippen LogP contribution is -2.48. The largest absolute Gasteiger partial charge is 0.385 e. The van der Waals surface area contributed by atoms with E-state index in [9.17, 15) is 18.3 Å². The SMILES string of the molecule is CC(C)S(=O)(=O)NC1CCN(C(=O)Nc2ccc(N3CCC(O)(c4ccc(Cl)cc4)CC3)cc2)CC1. The van der Waals surface area contributed by atoms with Gasteiger partial charge in [-0.3, -0.25) is 0 Å². The van der Waals surface area contributed by atoms with Crippen molar-refractivity contribution in [2.24, 2.45) is 0 Å². The second-order valence-electron chi connectivity index (χ2n) is 9.98. The zero-order valence-corrected chi connectivity index (χ0v) is 22.4. The van der Waals surface area contributed by atoms with Crippen LogP contribution in [-0.4, -0.2) is 61.9 Å². The van der Waals surface area contributed by atoms with Crippen LogP contribution in [0.25, 0.3) is 0 Å². The van der Waals surface area contributed by atoms with E-state index in [0.29, 0.717) is 49.5 Å². The van der Waals surface area contributed by atoms with E-state index in [1.807, 2.05) is 48.5 Å². The van der Waals surface area contributed by atoms with E-state index in [0.717, 1.165) is 24.3 Å². The van der Waals surface area contributed by atoms with E-state index in [1.54, 1.807) is 18.7 Å². The number of carbonyl (C=O) groups excluding carboxylic acids is 1. The Morgan fingerprint density at radius 2 is 1.58 bits per heavy atom. The predicted molar refractivity (Wildman–Crippen MR) is 144 cm³/mol. The standard InChI is InChI=1S/C26H35ClN4O4S/c1-19(2)36(34,35)29-23-11-15-31(16-12-23)25(32)28-22-7-9-24(10-8-22)30-17-13-26(33,14-18-30)20-3-5-21(27)6-4-20/h3-10,19,23,29,33H,11-18H2,1-2H3,(H,28,32). The van der Waals surface area contributed by atoms with Crippen LogP contribution in [0, 0.1) is 0 Å². The van der Waals surface area contributed by atoms with Gasteiger partial charge in [-0.1, -0.05) is 23.7 Å². The molecule has 196 valence electrons. The van der Waals surface area contributed by atoms with E-state index < -0.39 is 20.9 Å². The lowest BCUT2D eigenvalue weighted by atomic mass is 9.84. The monoisotopic (exact) mass is 534 g/mol. The molecule has 0 saturated carbocycles. The minimum absolute atomic E-state index is 0.136. The molecule has 2 heterocycles. The minimum Gasteiger partial charge on any atom is -0.385 e. The number of hydrogen-bond donors (Lipinski definition) is 3. The normalized spacial score (nSPS) is 18.9. The maximum atomic E-state index is 12.7. The van der Waals surface area contributed by atoms with Crippen LogP contribution in [0.1, 0.15) is 45.1 Å². The smallest absolute Gasteiger partial charge is 0.321 e. The number of aliphatic hydroxyl groups is 1. The van der Waals surface area contributed by atoms with Gasteiger partial charge >= 0.3 is 6.03 Å². The zero-order chi connectivity index (χ0) is 25.9. The number of amides is 2. The molecule has 8 nitrogen and oxygen atoms in total. The number of hydrogen-bond acceptors (Lipinski definition) is 5. The van der Waals surface area contributed by atoms with Crippen LogP contribution in [0.3, 0.4) is 0 Å². The van der Waals surface area contributed by atoms with Crippen molar-refractivity contribution < 1.29 is 18.3 Å². The number of nitrogens with zero attached hydrogens (tertiary/aromatic N) is 2. The van der Waals surface area contributed by atoms with Gasteiger partial charge in [-0.2, -0.15) is 0 Å². The maximum absolute atomic E-state index is 12.7. The summed E-state index contributed by atoms with van der Waals surface area (Å²) in [5.41, 5.74) is 1.80. The molecule has 2 amide bonds. The van der Waals surface area contributed by atoms with E-state index >= 15 is 0 Å². The number of sulfonamides is 1. The molecule has 2 aromatic carbocycles. The Labute approximate surface area is 218 Å². The molecular formula is C26H35ClN4O4S. The molecule has 0 aliphatic carbocycles. The second-order valence-corrected chi connectivity index (χ2v) is 12.7. The third kappa shape index (κ3) is 6.32. The topological polar surface area (TPSA) is 102 Å². The van der Waals surface area contributed by atoms with Gasteiger partial charge in [0, 0.05) is 48.6 Å². The van der Waals surface area contributed by atoms with Gasteiger partial charge in [-0.15, -0.1) is 0 Å². The van der Waals surface area contributed by atoms with Crippen LogP contribution in [0.15, 0.2) is 48.5 Å². The summed E-state index contributed by atoms with van der Waals surface area (Å²) < 4.78 is 26.9. The van der Waals surface area contributed by atoms with Crippen molar-refractivity contribution in [3.05, 3.63) is 59.1 Å². The first-order chi connectivity index (χ1) is 17.1. The highest BCUT2D eigenvalue weighted by atomic mass is 35.5. The van der Waals surface area contributed by atoms with Crippen molar-refractivity contribution in [1.82, 2.24) is 9.62 Å². The Morgan fingerprint density at radius 3 is 2.14 bits per heavy atom. The molecule has 0 aromatic heterocycles. The fourth-order valence-corrected chi connectivity index (χ4v) is 5.81. The van der Waals surface area contributed by atoms with Crippen molar-refractivity contribution in [2.45, 2.75) is 56.4 Å². The van der Waals surface area contributed by atoms with Crippen LogP contribution in [0.2, 0.25) is 5.02 Å². The van der Waals surface area contributed by atoms with E-state index in [-0.39, 0.29) is 12.1 Å². The molecule has 2 aromatic rings. The number of rotatable bonds is 6. The summed E-state index contributed by atoms with van der Waals surface area (Å²) in [6.07, 6.45) is 2.43. The molecule has 4 rings (SSSR count). The van der Waals surface area contributed by atoms with Gasteiger partial charge in [0.1, 0.15) is 0 Å². The molecule has 10 heteroatoms. The number of carbonyl (C=O) groups is 1. The van der Waals surface area contributed by atoms with Gasteiger partial charge in [0.2, 0.25) is 10.0 Å². The molecule has 2 saturated heterocycles. The number of likely N-dealkylation sites (tertiary alicyclic amines) is 1. The third-order valence-electron chi connectivity index (χ3n) is 7.19. The maximum Gasteiger partial charge on any atom is 0.321 e. The van der Waals surface area contributed by atoms with E-state index in [1.165, 1.54) is 0 Å². The summed E-state index contributed by atoms with van der Waals surface area (Å²) in [5, 5.41) is 14.2. The zero-order valence-electron chi connectivity index (χ0n) is 20.8. The quantitative estimate of drug-likeness (QED) is 0.516. The summed E-state index contributed by atoms with van der Waals surface area (Å²) in [6.45, 7) is 5.76. The Kier molecular flexibility index (Phi) is 8.14. The number of nitrogens with one attached hydrogen (secondary N) is 2. The van der Waals surface area contributed by atoms with Gasteiger partial charge in [0.15, 0.2) is 0 Å². The molecule has 3 N–H and O–H groups in total. The number of anilines is 2. The van der Waals surface area contributed by atoms with Crippen molar-refractivity contribution in [2.75, 3.05) is 36.4 Å². The molecular weight excluding hydrogens is 500 g/mol. The summed E-state index contributed by atoms with van der Waals surface area (Å²) >= 11 is 5.98. The molecule has 0 unspecified atom stereocenters. The molecule has 0 atom stereocenters. The molecule has 0 bridgehead atoms. The summed E-state index contributed by atoms with van der Waals surface area (Å²) in [6, 6.07) is 14.8. The van der Waals surface area contributed by atoms with Gasteiger partial charge in [-0.25, -0.2) is 17.9 Å². The lowest BCUT2D eigenvalue weighted by molar-refractivity contribution is 0.0118. The Balaban J connectivity index is 1.26. The van der Waals surface area contributed by atoms with Gasteiger partial charge in [0.05, 0.1) is 10.9 Å². The van der Waals surface area contributed by atoms with Crippen LogP contribution in [0.5, 0.6) is 0 Å². The van der Waals surface area contributed by atoms with Crippen molar-refractivity contribution in [1.29, 1.82) is 0 Å². The number of urea groups is 1. The fourth-order valence-electron chi connectivity index (χ4n) is 4.71. The highest BCUT2D eigenvalue weighted by Crippen LogP contribution is 2.35. The number of benzene rings is 2. The Hall–Kier alpha value is -2.33. The van der Waals surface area contributed by atoms with Gasteiger partial charge in [-0.05, 0) is 81.5 Å². The molecule has 0 spiro atoms. The second kappa shape index (κ2) is 11.0. The lowest BCUT2D eigenvalue weighted by Gasteiger charge is -2.39. The Bertz CT molecular complexity index is 1140. The summed E-state index contributed by atoms with van der Waals surface area (Å²) in [4.78, 5) is 16.7. The first kappa shape index (κ1) is 26.7. The predicted octanol–water partition coefficient (Wildman–Crippen LogP) is 4.15. The van der Waals surface area contributed by atoms with Crippen LogP contribution >= 0.6 is 11.6 Å². The third-order valence-corrected chi connectivity index (χ3v) is 9.34.